The monoisotopic (exact) mass is 505 g/mol. The molecule has 0 unspecified atom stereocenters. The number of carbonyl (C=O) groups excluding carboxylic acids is 1. The molecule has 0 saturated heterocycles. The van der Waals surface area contributed by atoms with Crippen molar-refractivity contribution in [3.05, 3.63) is 44.2 Å². The summed E-state index contributed by atoms with van der Waals surface area (Å²) < 4.78 is 1.92. The highest BCUT2D eigenvalue weighted by atomic mass is 35.5. The molecule has 1 aliphatic rings. The van der Waals surface area contributed by atoms with E-state index in [2.05, 4.69) is 21.6 Å². The molecular weight excluding hydrogens is 485 g/mol. The Morgan fingerprint density at radius 3 is 2.84 bits per heavy atom. The first-order valence-electron chi connectivity index (χ1n) is 10.4. The molecule has 0 fully saturated rings. The van der Waals surface area contributed by atoms with Gasteiger partial charge in [-0.3, -0.25) is 4.79 Å². The number of fused-ring (bicyclic) bond motifs is 1. The number of halogens is 2. The number of benzene rings is 1. The first kappa shape index (κ1) is 23.1. The van der Waals surface area contributed by atoms with Crippen molar-refractivity contribution in [2.75, 3.05) is 11.1 Å². The highest BCUT2D eigenvalue weighted by Crippen LogP contribution is 2.37. The Kier molecular flexibility index (Phi) is 7.41. The summed E-state index contributed by atoms with van der Waals surface area (Å²) in [6.45, 7) is 2.61. The average molecular weight is 506 g/mol. The third-order valence-corrected chi connectivity index (χ3v) is 8.05. The van der Waals surface area contributed by atoms with Gasteiger partial charge in [0.2, 0.25) is 5.91 Å². The molecule has 0 spiro atoms. The van der Waals surface area contributed by atoms with Crippen molar-refractivity contribution >= 4 is 57.2 Å². The quantitative estimate of drug-likeness (QED) is 0.318. The Morgan fingerprint density at radius 2 is 2.09 bits per heavy atom. The summed E-state index contributed by atoms with van der Waals surface area (Å²) in [6, 6.07) is 7.54. The number of amides is 1. The van der Waals surface area contributed by atoms with Gasteiger partial charge in [0.25, 0.3) is 0 Å². The van der Waals surface area contributed by atoms with Gasteiger partial charge in [-0.2, -0.15) is 5.26 Å². The van der Waals surface area contributed by atoms with Crippen molar-refractivity contribution in [3.8, 4) is 17.5 Å². The zero-order valence-corrected chi connectivity index (χ0v) is 20.6. The second-order valence-corrected chi connectivity index (χ2v) is 10.3. The molecule has 3 aromatic rings. The van der Waals surface area contributed by atoms with Crippen LogP contribution in [0.3, 0.4) is 0 Å². The number of rotatable bonds is 6. The Labute approximate surface area is 204 Å². The van der Waals surface area contributed by atoms with Crippen molar-refractivity contribution in [1.82, 2.24) is 14.8 Å². The van der Waals surface area contributed by atoms with Gasteiger partial charge in [0.15, 0.2) is 11.0 Å². The Bertz CT molecular complexity index is 1200. The van der Waals surface area contributed by atoms with E-state index in [1.165, 1.54) is 34.4 Å². The van der Waals surface area contributed by atoms with E-state index in [1.807, 2.05) is 17.6 Å². The second-order valence-electron chi connectivity index (χ2n) is 7.39. The van der Waals surface area contributed by atoms with Gasteiger partial charge < -0.3 is 9.88 Å². The number of aryl methyl sites for hydroxylation is 1. The van der Waals surface area contributed by atoms with Crippen molar-refractivity contribution in [2.45, 2.75) is 50.7 Å². The van der Waals surface area contributed by atoms with Gasteiger partial charge in [0.05, 0.1) is 16.3 Å². The van der Waals surface area contributed by atoms with Crippen LogP contribution in [0.4, 0.5) is 5.00 Å². The van der Waals surface area contributed by atoms with Gasteiger partial charge in [-0.25, -0.2) is 0 Å². The van der Waals surface area contributed by atoms with E-state index in [4.69, 9.17) is 23.2 Å². The zero-order valence-electron chi connectivity index (χ0n) is 17.5. The fraction of sp³-hybridized carbons (Fsp3) is 0.364. The van der Waals surface area contributed by atoms with Crippen molar-refractivity contribution in [2.24, 2.45) is 0 Å². The molecular formula is C22H21Cl2N5OS2. The first-order chi connectivity index (χ1) is 15.5. The summed E-state index contributed by atoms with van der Waals surface area (Å²) in [5.74, 6) is 0.630. The van der Waals surface area contributed by atoms with E-state index < -0.39 is 0 Å². The molecule has 0 radical (unpaired) electrons. The maximum absolute atomic E-state index is 12.7. The number of hydrogen-bond donors (Lipinski definition) is 1. The van der Waals surface area contributed by atoms with Crippen LogP contribution in [0, 0.1) is 11.3 Å². The minimum absolute atomic E-state index is 0.167. The summed E-state index contributed by atoms with van der Waals surface area (Å²) in [6.07, 6.45) is 5.30. The van der Waals surface area contributed by atoms with Crippen LogP contribution in [0.2, 0.25) is 10.0 Å². The molecule has 1 aromatic carbocycles. The summed E-state index contributed by atoms with van der Waals surface area (Å²) in [5, 5.41) is 23.5. The lowest BCUT2D eigenvalue weighted by Gasteiger charge is -2.09. The number of nitrogens with one attached hydrogen (secondary N) is 1. The van der Waals surface area contributed by atoms with Crippen LogP contribution >= 0.6 is 46.3 Å². The Hall–Kier alpha value is -2.05. The normalized spacial score (nSPS) is 13.3. The topological polar surface area (TPSA) is 83.6 Å². The molecule has 1 aliphatic carbocycles. The zero-order chi connectivity index (χ0) is 22.7. The van der Waals surface area contributed by atoms with Crippen LogP contribution in [0.1, 0.15) is 42.2 Å². The Morgan fingerprint density at radius 1 is 1.28 bits per heavy atom. The van der Waals surface area contributed by atoms with Gasteiger partial charge in [0.1, 0.15) is 11.1 Å². The molecule has 1 N–H and O–H groups in total. The summed E-state index contributed by atoms with van der Waals surface area (Å²) in [4.78, 5) is 13.9. The summed E-state index contributed by atoms with van der Waals surface area (Å²) in [5.41, 5.74) is 2.48. The third-order valence-electron chi connectivity index (χ3n) is 5.32. The van der Waals surface area contributed by atoms with E-state index in [1.54, 1.807) is 12.1 Å². The van der Waals surface area contributed by atoms with Crippen LogP contribution in [-0.2, 0) is 24.2 Å². The summed E-state index contributed by atoms with van der Waals surface area (Å²) >= 11 is 15.2. The number of hydrogen-bond acceptors (Lipinski definition) is 6. The van der Waals surface area contributed by atoms with Gasteiger partial charge in [-0.15, -0.1) is 21.5 Å². The second kappa shape index (κ2) is 10.3. The molecule has 0 saturated carbocycles. The largest absolute Gasteiger partial charge is 0.316 e. The highest BCUT2D eigenvalue weighted by Gasteiger charge is 2.22. The number of aromatic nitrogens is 3. The van der Waals surface area contributed by atoms with E-state index in [-0.39, 0.29) is 11.7 Å². The fourth-order valence-corrected chi connectivity index (χ4v) is 6.34. The van der Waals surface area contributed by atoms with E-state index in [9.17, 15) is 10.1 Å². The molecule has 0 atom stereocenters. The number of thioether (sulfide) groups is 1. The van der Waals surface area contributed by atoms with Gasteiger partial charge in [0, 0.05) is 22.0 Å². The number of anilines is 1. The smallest absolute Gasteiger partial charge is 0.235 e. The third kappa shape index (κ3) is 4.81. The van der Waals surface area contributed by atoms with Crippen LogP contribution in [0.25, 0.3) is 11.4 Å². The number of carbonyl (C=O) groups is 1. The van der Waals surface area contributed by atoms with Crippen molar-refractivity contribution in [3.63, 3.8) is 0 Å². The fourth-order valence-electron chi connectivity index (χ4n) is 3.79. The molecule has 0 aliphatic heterocycles. The molecule has 2 heterocycles. The predicted molar refractivity (Wildman–Crippen MR) is 131 cm³/mol. The minimum atomic E-state index is -0.167. The maximum atomic E-state index is 12.7. The maximum Gasteiger partial charge on any atom is 0.235 e. The number of thiophene rings is 1. The van der Waals surface area contributed by atoms with Crippen molar-refractivity contribution in [1.29, 1.82) is 5.26 Å². The lowest BCUT2D eigenvalue weighted by molar-refractivity contribution is -0.113. The SMILES string of the molecule is CCn1c(SCC(=O)Nc2sc3c(c2C#N)CCCCC3)nnc1-c1ccc(Cl)cc1Cl. The lowest BCUT2D eigenvalue weighted by atomic mass is 10.1. The Balaban J connectivity index is 1.47. The molecule has 2 aromatic heterocycles. The van der Waals surface area contributed by atoms with E-state index in [0.717, 1.165) is 36.8 Å². The average Bonchev–Trinajstić information content (AvgIpc) is 3.24. The number of nitrogens with zero attached hydrogens (tertiary/aromatic N) is 4. The molecule has 10 heteroatoms. The van der Waals surface area contributed by atoms with Gasteiger partial charge in [-0.05, 0) is 56.4 Å². The minimum Gasteiger partial charge on any atom is -0.316 e. The van der Waals surface area contributed by atoms with E-state index in [0.29, 0.717) is 38.1 Å². The first-order valence-corrected chi connectivity index (χ1v) is 12.9. The highest BCUT2D eigenvalue weighted by molar-refractivity contribution is 7.99. The van der Waals surface area contributed by atoms with Crippen LogP contribution in [0.5, 0.6) is 0 Å². The molecule has 1 amide bonds. The van der Waals surface area contributed by atoms with Crippen LogP contribution in [-0.4, -0.2) is 26.4 Å². The molecule has 32 heavy (non-hydrogen) atoms. The van der Waals surface area contributed by atoms with Crippen molar-refractivity contribution < 1.29 is 4.79 Å². The lowest BCUT2D eigenvalue weighted by Crippen LogP contribution is -2.14. The summed E-state index contributed by atoms with van der Waals surface area (Å²) in [7, 11) is 0. The molecule has 6 nitrogen and oxygen atoms in total. The van der Waals surface area contributed by atoms with Crippen LogP contribution in [0.15, 0.2) is 23.4 Å². The number of nitriles is 1. The van der Waals surface area contributed by atoms with Crippen LogP contribution < -0.4 is 5.32 Å². The standard InChI is InChI=1S/C22H21Cl2N5OS2/c1-2-29-20(15-9-8-13(23)10-17(15)24)27-28-22(29)31-12-19(30)26-21-16(11-25)14-6-4-3-5-7-18(14)32-21/h8-10H,2-7,12H2,1H3,(H,26,30). The van der Waals surface area contributed by atoms with Gasteiger partial charge in [-0.1, -0.05) is 41.4 Å². The van der Waals surface area contributed by atoms with E-state index >= 15 is 0 Å². The molecule has 4 rings (SSSR count). The molecule has 166 valence electrons. The molecule has 0 bridgehead atoms. The van der Waals surface area contributed by atoms with Gasteiger partial charge >= 0.3 is 0 Å². The predicted octanol–water partition coefficient (Wildman–Crippen LogP) is 6.20.